The minimum Gasteiger partial charge on any atom is -0.464 e. The maximum Gasteiger partial charge on any atom is 0.133 e. The summed E-state index contributed by atoms with van der Waals surface area (Å²) in [6.45, 7) is 0. The topological polar surface area (TPSA) is 41.8 Å². The Kier molecular flexibility index (Phi) is 2.07. The second kappa shape index (κ2) is 3.70. The van der Waals surface area contributed by atoms with Gasteiger partial charge in [0.05, 0.1) is 24.5 Å². The van der Waals surface area contributed by atoms with E-state index in [-0.39, 0.29) is 0 Å². The number of H-pyrrole nitrogens is 1. The summed E-state index contributed by atoms with van der Waals surface area (Å²) < 4.78 is 5.37. The molecule has 0 aliphatic carbocycles. The van der Waals surface area contributed by atoms with E-state index < -0.39 is 0 Å². The molecule has 0 radical (unpaired) electrons. The van der Waals surface area contributed by atoms with Gasteiger partial charge in [0.1, 0.15) is 5.76 Å². The molecule has 16 heavy (non-hydrogen) atoms. The Morgan fingerprint density at radius 1 is 1.06 bits per heavy atom. The molecule has 78 valence electrons. The molecule has 0 saturated heterocycles. The molecule has 1 N–H and O–H groups in total. The fraction of sp³-hybridized carbons (Fsp3) is 0. The van der Waals surface area contributed by atoms with Crippen molar-refractivity contribution in [2.24, 2.45) is 0 Å². The summed E-state index contributed by atoms with van der Waals surface area (Å²) in [5.74, 6) is 0.876. The Hall–Kier alpha value is -2.29. The summed E-state index contributed by atoms with van der Waals surface area (Å²) in [5, 5.41) is 0. The smallest absolute Gasteiger partial charge is 0.133 e. The summed E-state index contributed by atoms with van der Waals surface area (Å²) in [4.78, 5) is 7.10. The fourth-order valence-electron chi connectivity index (χ4n) is 1.70. The number of benzene rings is 1. The van der Waals surface area contributed by atoms with E-state index in [0.717, 1.165) is 22.6 Å². The lowest BCUT2D eigenvalue weighted by Crippen LogP contribution is -1.79. The van der Waals surface area contributed by atoms with Crippen molar-refractivity contribution in [2.45, 2.75) is 0 Å². The van der Waals surface area contributed by atoms with Crippen molar-refractivity contribution in [1.29, 1.82) is 0 Å². The van der Waals surface area contributed by atoms with Crippen molar-refractivity contribution >= 4 is 0 Å². The molecule has 0 bridgehead atoms. The van der Waals surface area contributed by atoms with E-state index in [1.54, 1.807) is 18.8 Å². The predicted molar refractivity (Wildman–Crippen MR) is 61.7 cm³/mol. The monoisotopic (exact) mass is 210 g/mol. The first-order valence-electron chi connectivity index (χ1n) is 5.06. The maximum absolute atomic E-state index is 5.37. The van der Waals surface area contributed by atoms with Crippen LogP contribution in [0.4, 0.5) is 0 Å². The van der Waals surface area contributed by atoms with Crippen LogP contribution in [0.25, 0.3) is 22.6 Å². The lowest BCUT2D eigenvalue weighted by molar-refractivity contribution is 0.582. The third kappa shape index (κ3) is 1.52. The molecule has 0 unspecified atom stereocenters. The highest BCUT2D eigenvalue weighted by Crippen LogP contribution is 2.25. The molecule has 0 atom stereocenters. The quantitative estimate of drug-likeness (QED) is 0.704. The van der Waals surface area contributed by atoms with Crippen molar-refractivity contribution in [3.63, 3.8) is 0 Å². The minimum absolute atomic E-state index is 0.876. The number of hydrogen-bond donors (Lipinski definition) is 1. The van der Waals surface area contributed by atoms with Gasteiger partial charge in [-0.3, -0.25) is 0 Å². The van der Waals surface area contributed by atoms with E-state index in [0.29, 0.717) is 0 Å². The zero-order chi connectivity index (χ0) is 10.8. The fourth-order valence-corrected chi connectivity index (χ4v) is 1.70. The van der Waals surface area contributed by atoms with Crippen LogP contribution in [0.2, 0.25) is 0 Å². The highest BCUT2D eigenvalue weighted by molar-refractivity contribution is 5.68. The van der Waals surface area contributed by atoms with Crippen LogP contribution in [0.15, 0.2) is 59.6 Å². The third-order valence-electron chi connectivity index (χ3n) is 2.48. The molecule has 0 aliphatic heterocycles. The summed E-state index contributed by atoms with van der Waals surface area (Å²) in [6.07, 6.45) is 5.16. The molecule has 3 heteroatoms. The number of aromatic amines is 1. The third-order valence-corrected chi connectivity index (χ3v) is 2.48. The number of rotatable bonds is 2. The first-order valence-corrected chi connectivity index (χ1v) is 5.06. The molecule has 0 spiro atoms. The van der Waals surface area contributed by atoms with Gasteiger partial charge in [-0.15, -0.1) is 0 Å². The molecule has 1 aromatic carbocycles. The zero-order valence-corrected chi connectivity index (χ0v) is 8.55. The Morgan fingerprint density at radius 2 is 2.00 bits per heavy atom. The average Bonchev–Trinajstić information content (AvgIpc) is 3.03. The first kappa shape index (κ1) is 8.97. The van der Waals surface area contributed by atoms with Crippen LogP contribution >= 0.6 is 0 Å². The summed E-state index contributed by atoms with van der Waals surface area (Å²) in [7, 11) is 0. The van der Waals surface area contributed by atoms with Gasteiger partial charge in [0.15, 0.2) is 0 Å². The van der Waals surface area contributed by atoms with Crippen LogP contribution in [0.3, 0.4) is 0 Å². The van der Waals surface area contributed by atoms with Crippen molar-refractivity contribution in [2.75, 3.05) is 0 Å². The Balaban J connectivity index is 2.07. The standard InChI is InChI=1S/C13H10N2O/c1-3-10(12-8-14-9-15-12)7-11(4-1)13-5-2-6-16-13/h1-9H,(H,14,15). The molecule has 2 heterocycles. The lowest BCUT2D eigenvalue weighted by atomic mass is 10.1. The Bertz CT molecular complexity index is 518. The largest absolute Gasteiger partial charge is 0.464 e. The van der Waals surface area contributed by atoms with Crippen LogP contribution in [-0.4, -0.2) is 9.97 Å². The molecular weight excluding hydrogens is 200 g/mol. The lowest BCUT2D eigenvalue weighted by Gasteiger charge is -2.00. The molecule has 0 amide bonds. The Labute approximate surface area is 92.8 Å². The van der Waals surface area contributed by atoms with E-state index in [9.17, 15) is 0 Å². The molecule has 3 aromatic rings. The van der Waals surface area contributed by atoms with Crippen LogP contribution in [0.5, 0.6) is 0 Å². The van der Waals surface area contributed by atoms with Crippen molar-refractivity contribution in [3.05, 3.63) is 55.2 Å². The summed E-state index contributed by atoms with van der Waals surface area (Å²) >= 11 is 0. The maximum atomic E-state index is 5.37. The summed E-state index contributed by atoms with van der Waals surface area (Å²) in [5.41, 5.74) is 3.18. The second-order valence-electron chi connectivity index (χ2n) is 3.52. The van der Waals surface area contributed by atoms with Gasteiger partial charge in [0, 0.05) is 11.1 Å². The van der Waals surface area contributed by atoms with E-state index in [1.807, 2.05) is 30.3 Å². The number of imidazole rings is 1. The van der Waals surface area contributed by atoms with Gasteiger partial charge in [-0.1, -0.05) is 18.2 Å². The van der Waals surface area contributed by atoms with E-state index in [1.165, 1.54) is 0 Å². The second-order valence-corrected chi connectivity index (χ2v) is 3.52. The van der Waals surface area contributed by atoms with Crippen molar-refractivity contribution in [1.82, 2.24) is 9.97 Å². The molecule has 3 rings (SSSR count). The first-order chi connectivity index (χ1) is 7.93. The number of nitrogens with one attached hydrogen (secondary N) is 1. The van der Waals surface area contributed by atoms with Gasteiger partial charge in [0.2, 0.25) is 0 Å². The van der Waals surface area contributed by atoms with Gasteiger partial charge in [-0.2, -0.15) is 0 Å². The molecule has 0 aliphatic rings. The van der Waals surface area contributed by atoms with Gasteiger partial charge < -0.3 is 9.40 Å². The number of furan rings is 1. The van der Waals surface area contributed by atoms with Crippen molar-refractivity contribution in [3.8, 4) is 22.6 Å². The SMILES string of the molecule is c1cc(-c2cnc[nH]2)cc(-c2ccco2)c1. The minimum atomic E-state index is 0.876. The van der Waals surface area contributed by atoms with E-state index in [2.05, 4.69) is 16.0 Å². The highest BCUT2D eigenvalue weighted by atomic mass is 16.3. The van der Waals surface area contributed by atoms with Crippen LogP contribution in [0.1, 0.15) is 0 Å². The summed E-state index contributed by atoms with van der Waals surface area (Å²) in [6, 6.07) is 12.0. The van der Waals surface area contributed by atoms with Gasteiger partial charge >= 0.3 is 0 Å². The predicted octanol–water partition coefficient (Wildman–Crippen LogP) is 3.34. The normalized spacial score (nSPS) is 10.5. The highest BCUT2D eigenvalue weighted by Gasteiger charge is 2.03. The number of aromatic nitrogens is 2. The van der Waals surface area contributed by atoms with Crippen LogP contribution in [-0.2, 0) is 0 Å². The average molecular weight is 210 g/mol. The van der Waals surface area contributed by atoms with Crippen molar-refractivity contribution < 1.29 is 4.42 Å². The number of nitrogens with zero attached hydrogens (tertiary/aromatic N) is 1. The van der Waals surface area contributed by atoms with E-state index in [4.69, 9.17) is 4.42 Å². The number of hydrogen-bond acceptors (Lipinski definition) is 2. The van der Waals surface area contributed by atoms with Crippen LogP contribution < -0.4 is 0 Å². The van der Waals surface area contributed by atoms with Gasteiger partial charge in [0.25, 0.3) is 0 Å². The van der Waals surface area contributed by atoms with E-state index >= 15 is 0 Å². The molecule has 3 nitrogen and oxygen atoms in total. The van der Waals surface area contributed by atoms with Gasteiger partial charge in [-0.05, 0) is 18.2 Å². The molecule has 2 aromatic heterocycles. The molecule has 0 saturated carbocycles. The zero-order valence-electron chi connectivity index (χ0n) is 8.55. The van der Waals surface area contributed by atoms with Crippen LogP contribution in [0, 0.1) is 0 Å². The Morgan fingerprint density at radius 3 is 2.75 bits per heavy atom. The van der Waals surface area contributed by atoms with Gasteiger partial charge in [-0.25, -0.2) is 4.98 Å². The molecular formula is C13H10N2O. The molecule has 0 fully saturated rings.